The van der Waals surface area contributed by atoms with Crippen molar-refractivity contribution in [2.24, 2.45) is 0 Å². The Hall–Kier alpha value is -2.35. The van der Waals surface area contributed by atoms with Crippen molar-refractivity contribution in [1.29, 1.82) is 0 Å². The minimum atomic E-state index is -3.73. The van der Waals surface area contributed by atoms with E-state index in [1.54, 1.807) is 12.3 Å². The molecule has 0 saturated carbocycles. The molecular weight excluding hydrogens is 398 g/mol. The number of ether oxygens (including phenoxy) is 1. The highest BCUT2D eigenvalue weighted by Crippen LogP contribution is 2.37. The smallest absolute Gasteiger partial charge is 0.241 e. The van der Waals surface area contributed by atoms with Gasteiger partial charge in [0.2, 0.25) is 10.0 Å². The van der Waals surface area contributed by atoms with E-state index in [0.717, 1.165) is 11.1 Å². The monoisotopic (exact) mass is 417 g/mol. The van der Waals surface area contributed by atoms with Gasteiger partial charge in [-0.05, 0) is 24.6 Å². The van der Waals surface area contributed by atoms with Crippen molar-refractivity contribution < 1.29 is 13.2 Å². The number of sulfonamides is 1. The number of nitrogens with one attached hydrogen (secondary N) is 1. The largest absolute Gasteiger partial charge is 0.489 e. The summed E-state index contributed by atoms with van der Waals surface area (Å²) >= 11 is 6.23. The molecule has 0 aliphatic carbocycles. The SMILES string of the molecule is C[C@@H]1Cc2cc(S(=O)(=O)NCc3nccn3Cc3ccccc3)cc(Cl)c2O1. The van der Waals surface area contributed by atoms with Crippen LogP contribution in [0.1, 0.15) is 23.9 Å². The fourth-order valence-corrected chi connectivity index (χ4v) is 4.69. The Bertz CT molecular complexity index is 1100. The molecule has 146 valence electrons. The third kappa shape index (κ3) is 3.92. The maximum absolute atomic E-state index is 12.8. The normalized spacial score (nSPS) is 16.0. The lowest BCUT2D eigenvalue weighted by Gasteiger charge is -2.11. The van der Waals surface area contributed by atoms with Crippen LogP contribution in [0.25, 0.3) is 0 Å². The van der Waals surface area contributed by atoms with Crippen LogP contribution in [0.5, 0.6) is 5.75 Å². The zero-order valence-electron chi connectivity index (χ0n) is 15.3. The molecule has 28 heavy (non-hydrogen) atoms. The summed E-state index contributed by atoms with van der Waals surface area (Å²) in [7, 11) is -3.73. The number of halogens is 1. The molecule has 2 heterocycles. The summed E-state index contributed by atoms with van der Waals surface area (Å²) in [5.74, 6) is 1.21. The Labute approximate surface area is 169 Å². The van der Waals surface area contributed by atoms with E-state index >= 15 is 0 Å². The number of hydrogen-bond donors (Lipinski definition) is 1. The van der Waals surface area contributed by atoms with E-state index in [9.17, 15) is 8.42 Å². The van der Waals surface area contributed by atoms with E-state index in [2.05, 4.69) is 9.71 Å². The molecule has 4 rings (SSSR count). The first kappa shape index (κ1) is 19.0. The Morgan fingerprint density at radius 2 is 2.07 bits per heavy atom. The Kier molecular flexibility index (Phi) is 5.14. The van der Waals surface area contributed by atoms with Crippen LogP contribution in [-0.2, 0) is 29.5 Å². The molecule has 1 aliphatic heterocycles. The third-order valence-corrected chi connectivity index (χ3v) is 6.31. The zero-order valence-corrected chi connectivity index (χ0v) is 16.9. The average molecular weight is 418 g/mol. The molecule has 2 aromatic carbocycles. The highest BCUT2D eigenvalue weighted by molar-refractivity contribution is 7.89. The Balaban J connectivity index is 1.51. The van der Waals surface area contributed by atoms with Crippen molar-refractivity contribution in [2.75, 3.05) is 0 Å². The van der Waals surface area contributed by atoms with Crippen molar-refractivity contribution in [1.82, 2.24) is 14.3 Å². The van der Waals surface area contributed by atoms with Gasteiger partial charge in [0.15, 0.2) is 0 Å². The molecule has 0 fully saturated rings. The molecule has 0 radical (unpaired) electrons. The molecule has 0 saturated heterocycles. The lowest BCUT2D eigenvalue weighted by molar-refractivity contribution is 0.255. The number of benzene rings is 2. The van der Waals surface area contributed by atoms with E-state index in [0.29, 0.717) is 29.6 Å². The molecule has 3 aromatic rings. The molecule has 8 heteroatoms. The molecule has 1 aliphatic rings. The van der Waals surface area contributed by atoms with E-state index in [1.165, 1.54) is 6.07 Å². The molecule has 1 aromatic heterocycles. The summed E-state index contributed by atoms with van der Waals surface area (Å²) in [5.41, 5.74) is 1.93. The van der Waals surface area contributed by atoms with Crippen LogP contribution >= 0.6 is 11.6 Å². The van der Waals surface area contributed by atoms with E-state index in [-0.39, 0.29) is 17.5 Å². The van der Waals surface area contributed by atoms with E-state index in [1.807, 2.05) is 48.0 Å². The van der Waals surface area contributed by atoms with Gasteiger partial charge in [-0.15, -0.1) is 0 Å². The second kappa shape index (κ2) is 7.58. The van der Waals surface area contributed by atoms with Gasteiger partial charge in [0.05, 0.1) is 16.5 Å². The number of hydrogen-bond acceptors (Lipinski definition) is 4. The highest BCUT2D eigenvalue weighted by Gasteiger charge is 2.26. The fraction of sp³-hybridized carbons (Fsp3) is 0.250. The van der Waals surface area contributed by atoms with Crippen LogP contribution in [0.3, 0.4) is 0 Å². The Morgan fingerprint density at radius 1 is 1.29 bits per heavy atom. The molecule has 0 bridgehead atoms. The average Bonchev–Trinajstić information content (AvgIpc) is 3.26. The summed E-state index contributed by atoms with van der Waals surface area (Å²) in [6.07, 6.45) is 4.13. The summed E-state index contributed by atoms with van der Waals surface area (Å²) in [5, 5.41) is 0.313. The first-order valence-electron chi connectivity index (χ1n) is 8.95. The third-order valence-electron chi connectivity index (χ3n) is 4.65. The maximum Gasteiger partial charge on any atom is 0.241 e. The lowest BCUT2D eigenvalue weighted by Crippen LogP contribution is -2.25. The molecule has 6 nitrogen and oxygen atoms in total. The lowest BCUT2D eigenvalue weighted by atomic mass is 10.1. The number of imidazole rings is 1. The van der Waals surface area contributed by atoms with Gasteiger partial charge in [0.1, 0.15) is 17.7 Å². The standard InChI is InChI=1S/C20H20ClN3O3S/c1-14-9-16-10-17(11-18(21)20(16)27-14)28(25,26)23-12-19-22-7-8-24(19)13-15-5-3-2-4-6-15/h2-8,10-11,14,23H,9,12-13H2,1H3/t14-/m1/s1. The molecule has 0 amide bonds. The minimum Gasteiger partial charge on any atom is -0.489 e. The number of fused-ring (bicyclic) bond motifs is 1. The van der Waals surface area contributed by atoms with Crippen molar-refractivity contribution in [3.8, 4) is 5.75 Å². The summed E-state index contributed by atoms with van der Waals surface area (Å²) < 4.78 is 35.7. The van der Waals surface area contributed by atoms with Crippen LogP contribution < -0.4 is 9.46 Å². The maximum atomic E-state index is 12.8. The van der Waals surface area contributed by atoms with Crippen molar-refractivity contribution in [3.63, 3.8) is 0 Å². The van der Waals surface area contributed by atoms with Crippen molar-refractivity contribution >= 4 is 21.6 Å². The van der Waals surface area contributed by atoms with Crippen LogP contribution in [0.15, 0.2) is 59.8 Å². The van der Waals surface area contributed by atoms with Gasteiger partial charge in [-0.3, -0.25) is 0 Å². The van der Waals surface area contributed by atoms with Gasteiger partial charge in [0, 0.05) is 30.9 Å². The molecule has 0 spiro atoms. The number of aromatic nitrogens is 2. The zero-order chi connectivity index (χ0) is 19.7. The van der Waals surface area contributed by atoms with Gasteiger partial charge in [-0.25, -0.2) is 18.1 Å². The molecule has 1 N–H and O–H groups in total. The number of rotatable bonds is 6. The predicted molar refractivity (Wildman–Crippen MR) is 107 cm³/mol. The van der Waals surface area contributed by atoms with Gasteiger partial charge < -0.3 is 9.30 Å². The Morgan fingerprint density at radius 3 is 2.86 bits per heavy atom. The highest BCUT2D eigenvalue weighted by atomic mass is 35.5. The van der Waals surface area contributed by atoms with E-state index < -0.39 is 10.0 Å². The molecule has 1 atom stereocenters. The number of nitrogens with zero attached hydrogens (tertiary/aromatic N) is 2. The summed E-state index contributed by atoms with van der Waals surface area (Å²) in [6, 6.07) is 13.0. The van der Waals surface area contributed by atoms with Crippen LogP contribution in [0.4, 0.5) is 0 Å². The van der Waals surface area contributed by atoms with Crippen LogP contribution in [0, 0.1) is 0 Å². The van der Waals surface area contributed by atoms with Gasteiger partial charge in [0.25, 0.3) is 0 Å². The topological polar surface area (TPSA) is 73.2 Å². The predicted octanol–water partition coefficient (Wildman–Crippen LogP) is 3.39. The van der Waals surface area contributed by atoms with Crippen LogP contribution in [-0.4, -0.2) is 24.1 Å². The second-order valence-corrected chi connectivity index (χ2v) is 8.98. The second-order valence-electron chi connectivity index (χ2n) is 6.81. The van der Waals surface area contributed by atoms with E-state index in [4.69, 9.17) is 16.3 Å². The minimum absolute atomic E-state index is 0.0103. The molecular formula is C20H20ClN3O3S. The van der Waals surface area contributed by atoms with Gasteiger partial charge in [-0.1, -0.05) is 41.9 Å². The fourth-order valence-electron chi connectivity index (χ4n) is 3.29. The summed E-state index contributed by atoms with van der Waals surface area (Å²) in [6.45, 7) is 2.64. The van der Waals surface area contributed by atoms with Gasteiger partial charge >= 0.3 is 0 Å². The van der Waals surface area contributed by atoms with Crippen LogP contribution in [0.2, 0.25) is 5.02 Å². The van der Waals surface area contributed by atoms with Gasteiger partial charge in [-0.2, -0.15) is 0 Å². The first-order chi connectivity index (χ1) is 13.4. The quantitative estimate of drug-likeness (QED) is 0.667. The van der Waals surface area contributed by atoms with Crippen molar-refractivity contribution in [3.05, 3.63) is 76.8 Å². The molecule has 0 unspecified atom stereocenters. The summed E-state index contributed by atoms with van der Waals surface area (Å²) in [4.78, 5) is 4.42. The van der Waals surface area contributed by atoms with Crippen molar-refractivity contribution in [2.45, 2.75) is 37.4 Å². The first-order valence-corrected chi connectivity index (χ1v) is 10.8.